The Bertz CT molecular complexity index is 793. The van der Waals surface area contributed by atoms with Crippen molar-refractivity contribution in [2.24, 2.45) is 0 Å². The zero-order chi connectivity index (χ0) is 19.3. The minimum Gasteiger partial charge on any atom is -0.444 e. The van der Waals surface area contributed by atoms with Crippen LogP contribution < -0.4 is 0 Å². The minimum absolute atomic E-state index is 0.265. The molecule has 0 saturated heterocycles. The van der Waals surface area contributed by atoms with Crippen molar-refractivity contribution in [1.29, 1.82) is 0 Å². The number of nitrogens with zero attached hydrogens (tertiary/aromatic N) is 3. The van der Waals surface area contributed by atoms with Crippen LogP contribution in [0.15, 0.2) is 48.8 Å². The smallest absolute Gasteiger partial charge is 0.410 e. The summed E-state index contributed by atoms with van der Waals surface area (Å²) < 4.78 is 5.47. The molecule has 1 aromatic heterocycles. The van der Waals surface area contributed by atoms with Crippen molar-refractivity contribution in [2.75, 3.05) is 13.1 Å². The first kappa shape index (κ1) is 19.1. The van der Waals surface area contributed by atoms with E-state index in [-0.39, 0.29) is 6.09 Å². The number of hydrogen-bond donors (Lipinski definition) is 0. The van der Waals surface area contributed by atoms with Gasteiger partial charge in [0.2, 0.25) is 0 Å². The molecule has 1 aromatic carbocycles. The Balaban J connectivity index is 1.65. The van der Waals surface area contributed by atoms with Crippen LogP contribution in [0.5, 0.6) is 0 Å². The zero-order valence-corrected chi connectivity index (χ0v) is 16.3. The molecule has 1 aliphatic rings. The highest BCUT2D eigenvalue weighted by Gasteiger charge is 2.23. The second-order valence-corrected chi connectivity index (χ2v) is 7.84. The number of benzene rings is 1. The molecule has 0 spiro atoms. The predicted octanol–water partition coefficient (Wildman–Crippen LogP) is 4.48. The highest BCUT2D eigenvalue weighted by molar-refractivity contribution is 5.70. The molecule has 0 saturated carbocycles. The van der Waals surface area contributed by atoms with Gasteiger partial charge in [-0.15, -0.1) is 0 Å². The second kappa shape index (κ2) is 8.33. The fourth-order valence-corrected chi connectivity index (χ4v) is 3.01. The standard InChI is InChI=1S/C22H27N3O2/c1-22(2,3)27-21(26)25-12-7-10-19(11-13-25)20-23-15-18(16-24-20)14-17-8-5-4-6-9-17/h4-6,8-9,11,15-16H,7,10,12-14H2,1-3H3. The summed E-state index contributed by atoms with van der Waals surface area (Å²) in [5, 5.41) is 0. The van der Waals surface area contributed by atoms with E-state index < -0.39 is 5.60 Å². The van der Waals surface area contributed by atoms with Gasteiger partial charge in [0.05, 0.1) is 0 Å². The monoisotopic (exact) mass is 365 g/mol. The van der Waals surface area contributed by atoms with Gasteiger partial charge in [0.1, 0.15) is 5.60 Å². The van der Waals surface area contributed by atoms with Gasteiger partial charge in [-0.05, 0) is 50.3 Å². The SMILES string of the molecule is CC(C)(C)OC(=O)N1CC=C(c2ncc(Cc3ccccc3)cn2)CCC1. The van der Waals surface area contributed by atoms with Crippen molar-refractivity contribution in [2.45, 2.75) is 45.6 Å². The molecule has 1 amide bonds. The first-order valence-electron chi connectivity index (χ1n) is 9.43. The van der Waals surface area contributed by atoms with Crippen LogP contribution in [0.3, 0.4) is 0 Å². The summed E-state index contributed by atoms with van der Waals surface area (Å²) in [7, 11) is 0. The molecular formula is C22H27N3O2. The molecule has 0 unspecified atom stereocenters. The van der Waals surface area contributed by atoms with Gasteiger partial charge >= 0.3 is 6.09 Å². The first-order chi connectivity index (χ1) is 12.9. The van der Waals surface area contributed by atoms with Gasteiger partial charge in [0.25, 0.3) is 0 Å². The number of aromatic nitrogens is 2. The first-order valence-corrected chi connectivity index (χ1v) is 9.43. The highest BCUT2D eigenvalue weighted by Crippen LogP contribution is 2.21. The molecule has 142 valence electrons. The van der Waals surface area contributed by atoms with E-state index >= 15 is 0 Å². The maximum Gasteiger partial charge on any atom is 0.410 e. The summed E-state index contributed by atoms with van der Waals surface area (Å²) in [6.45, 7) is 6.86. The third-order valence-corrected chi connectivity index (χ3v) is 4.33. The lowest BCUT2D eigenvalue weighted by atomic mass is 10.1. The fourth-order valence-electron chi connectivity index (χ4n) is 3.01. The number of carbonyl (C=O) groups excluding carboxylic acids is 1. The van der Waals surface area contributed by atoms with Crippen LogP contribution in [0.2, 0.25) is 0 Å². The van der Waals surface area contributed by atoms with E-state index in [4.69, 9.17) is 4.74 Å². The molecule has 27 heavy (non-hydrogen) atoms. The molecule has 0 radical (unpaired) electrons. The molecule has 0 N–H and O–H groups in total. The fraction of sp³-hybridized carbons (Fsp3) is 0.409. The third kappa shape index (κ3) is 5.64. The maximum absolute atomic E-state index is 12.3. The molecule has 0 aliphatic carbocycles. The van der Waals surface area contributed by atoms with E-state index in [9.17, 15) is 4.79 Å². The summed E-state index contributed by atoms with van der Waals surface area (Å²) in [5.41, 5.74) is 2.95. The van der Waals surface area contributed by atoms with Crippen LogP contribution in [-0.4, -0.2) is 39.7 Å². The van der Waals surface area contributed by atoms with Crippen LogP contribution in [0.4, 0.5) is 4.79 Å². The van der Waals surface area contributed by atoms with Crippen LogP contribution in [0.1, 0.15) is 50.6 Å². The van der Waals surface area contributed by atoms with E-state index in [0.29, 0.717) is 13.1 Å². The Morgan fingerprint density at radius 3 is 2.48 bits per heavy atom. The van der Waals surface area contributed by atoms with Gasteiger partial charge in [0, 0.05) is 31.9 Å². The third-order valence-electron chi connectivity index (χ3n) is 4.33. The molecule has 1 aliphatic heterocycles. The summed E-state index contributed by atoms with van der Waals surface area (Å²) in [6.07, 6.45) is 8.13. The zero-order valence-electron chi connectivity index (χ0n) is 16.3. The van der Waals surface area contributed by atoms with E-state index in [1.807, 2.05) is 57.4 Å². The van der Waals surface area contributed by atoms with E-state index in [2.05, 4.69) is 22.1 Å². The number of hydrogen-bond acceptors (Lipinski definition) is 4. The average molecular weight is 365 g/mol. The molecule has 5 nitrogen and oxygen atoms in total. The van der Waals surface area contributed by atoms with Gasteiger partial charge in [-0.25, -0.2) is 14.8 Å². The molecular weight excluding hydrogens is 338 g/mol. The lowest BCUT2D eigenvalue weighted by molar-refractivity contribution is 0.0273. The van der Waals surface area contributed by atoms with Gasteiger partial charge < -0.3 is 9.64 Å². The summed E-state index contributed by atoms with van der Waals surface area (Å²) in [5.74, 6) is 0.748. The van der Waals surface area contributed by atoms with Crippen molar-refractivity contribution in [1.82, 2.24) is 14.9 Å². The summed E-state index contributed by atoms with van der Waals surface area (Å²) >= 11 is 0. The largest absolute Gasteiger partial charge is 0.444 e. The number of carbonyl (C=O) groups is 1. The Morgan fingerprint density at radius 2 is 1.81 bits per heavy atom. The molecule has 3 rings (SSSR count). The molecule has 5 heteroatoms. The highest BCUT2D eigenvalue weighted by atomic mass is 16.6. The summed E-state index contributed by atoms with van der Waals surface area (Å²) in [4.78, 5) is 23.1. The van der Waals surface area contributed by atoms with Gasteiger partial charge in [-0.1, -0.05) is 36.4 Å². The Labute approximate surface area is 161 Å². The average Bonchev–Trinajstić information content (AvgIpc) is 2.88. The number of allylic oxidation sites excluding steroid dienone is 1. The number of amides is 1. The topological polar surface area (TPSA) is 55.3 Å². The number of ether oxygens (including phenoxy) is 1. The van der Waals surface area contributed by atoms with Crippen molar-refractivity contribution >= 4 is 11.7 Å². The number of rotatable bonds is 3. The Kier molecular flexibility index (Phi) is 5.89. The van der Waals surface area contributed by atoms with Crippen molar-refractivity contribution in [3.05, 3.63) is 65.8 Å². The van der Waals surface area contributed by atoms with Gasteiger partial charge in [0.15, 0.2) is 5.82 Å². The molecule has 2 heterocycles. The van der Waals surface area contributed by atoms with Crippen LogP contribution in [0, 0.1) is 0 Å². The molecule has 0 bridgehead atoms. The lowest BCUT2D eigenvalue weighted by Crippen LogP contribution is -2.37. The Morgan fingerprint density at radius 1 is 1.11 bits per heavy atom. The quantitative estimate of drug-likeness (QED) is 0.805. The lowest BCUT2D eigenvalue weighted by Gasteiger charge is -2.25. The molecule has 2 aromatic rings. The molecule has 0 fully saturated rings. The van der Waals surface area contributed by atoms with Crippen molar-refractivity contribution in [3.8, 4) is 0 Å². The van der Waals surface area contributed by atoms with Crippen LogP contribution >= 0.6 is 0 Å². The second-order valence-electron chi connectivity index (χ2n) is 7.84. The minimum atomic E-state index is -0.479. The van der Waals surface area contributed by atoms with E-state index in [0.717, 1.165) is 36.2 Å². The van der Waals surface area contributed by atoms with Crippen molar-refractivity contribution < 1.29 is 9.53 Å². The van der Waals surface area contributed by atoms with E-state index in [1.165, 1.54) is 5.56 Å². The normalized spacial score (nSPS) is 15.1. The van der Waals surface area contributed by atoms with Crippen molar-refractivity contribution in [3.63, 3.8) is 0 Å². The van der Waals surface area contributed by atoms with Gasteiger partial charge in [-0.2, -0.15) is 0 Å². The predicted molar refractivity (Wildman–Crippen MR) is 106 cm³/mol. The molecule has 0 atom stereocenters. The van der Waals surface area contributed by atoms with E-state index in [1.54, 1.807) is 4.90 Å². The van der Waals surface area contributed by atoms with Crippen LogP contribution in [0.25, 0.3) is 5.57 Å². The van der Waals surface area contributed by atoms with Gasteiger partial charge in [-0.3, -0.25) is 0 Å². The van der Waals surface area contributed by atoms with Crippen LogP contribution in [-0.2, 0) is 11.2 Å². The Hall–Kier alpha value is -2.69. The maximum atomic E-state index is 12.3. The summed E-state index contributed by atoms with van der Waals surface area (Å²) in [6, 6.07) is 10.3.